The van der Waals surface area contributed by atoms with Crippen molar-refractivity contribution in [2.24, 2.45) is 0 Å². The van der Waals surface area contributed by atoms with E-state index in [4.69, 9.17) is 0 Å². The van der Waals surface area contributed by atoms with Gasteiger partial charge in [-0.3, -0.25) is 0 Å². The zero-order valence-electron chi connectivity index (χ0n) is 50.0. The van der Waals surface area contributed by atoms with Gasteiger partial charge in [0, 0.05) is 65.8 Å². The van der Waals surface area contributed by atoms with Crippen molar-refractivity contribution in [2.75, 3.05) is 0 Å². The van der Waals surface area contributed by atoms with Crippen LogP contribution in [0.5, 0.6) is 0 Å². The topological polar surface area (TPSA) is 19.7 Å². The van der Waals surface area contributed by atoms with Crippen LogP contribution in [0.25, 0.3) is 187 Å². The molecule has 0 radical (unpaired) electrons. The van der Waals surface area contributed by atoms with Crippen molar-refractivity contribution in [3.05, 3.63) is 328 Å². The summed E-state index contributed by atoms with van der Waals surface area (Å²) in [5.74, 6) is 0. The van der Waals surface area contributed by atoms with Gasteiger partial charge in [0.1, 0.15) is 0 Å². The van der Waals surface area contributed by atoms with Gasteiger partial charge in [-0.15, -0.1) is 0 Å². The van der Waals surface area contributed by atoms with E-state index in [1.54, 1.807) is 0 Å². The normalized spacial score (nSPS) is 12.1. The molecule has 4 nitrogen and oxygen atoms in total. The van der Waals surface area contributed by atoms with Crippen molar-refractivity contribution in [3.8, 4) is 67.3 Å². The summed E-state index contributed by atoms with van der Waals surface area (Å²) in [6.07, 6.45) is 0. The number of hydrogen-bond donors (Lipinski definition) is 0. The van der Waals surface area contributed by atoms with E-state index in [0.717, 1.165) is 22.7 Å². The zero-order chi connectivity index (χ0) is 60.1. The van der Waals surface area contributed by atoms with Gasteiger partial charge in [-0.25, -0.2) is 0 Å². The largest absolute Gasteiger partial charge is 0.309 e. The molecule has 0 bridgehead atoms. The Balaban J connectivity index is 0.904. The molecule has 0 atom stereocenters. The smallest absolute Gasteiger partial charge is 0.0541 e. The van der Waals surface area contributed by atoms with E-state index in [9.17, 15) is 0 Å². The molecule has 0 saturated heterocycles. The minimum absolute atomic E-state index is 1.15. The van der Waals surface area contributed by atoms with Crippen LogP contribution in [0.15, 0.2) is 328 Å². The standard InChI is InChI=1S/C88H54N4/c1-5-21-59(22-6-1)89-79-33-17-13-29-63(79)75-49-55(37-45-83(75)89)71-53-72(56-38-46-84-76(50-56)64-30-14-18-34-80(64)90(84)60-23-7-2-8-24-60)68-43-44-70-74(58-40-48-86-78(52-58)66-32-16-20-36-82(66)92(86)62-27-11-4-12-28-62)54-73(69-42-41-67(71)87(68)88(69)70)57-39-47-85-77(51-57)65-31-15-19-35-81(65)91(85)61-25-9-3-10-26-61/h1-54H. The number of hydrogen-bond acceptors (Lipinski definition) is 0. The fourth-order valence-corrected chi connectivity index (χ4v) is 15.9. The molecule has 0 amide bonds. The molecule has 20 aromatic rings. The van der Waals surface area contributed by atoms with Crippen LogP contribution in [-0.4, -0.2) is 18.3 Å². The molecular formula is C88H54N4. The van der Waals surface area contributed by atoms with Crippen molar-refractivity contribution in [2.45, 2.75) is 0 Å². The van der Waals surface area contributed by atoms with Crippen molar-refractivity contribution in [1.29, 1.82) is 0 Å². The number of fused-ring (bicyclic) bond motifs is 12. The summed E-state index contributed by atoms with van der Waals surface area (Å²) in [5, 5.41) is 17.2. The molecule has 4 heteroatoms. The highest BCUT2D eigenvalue weighted by molar-refractivity contribution is 6.33. The van der Waals surface area contributed by atoms with Gasteiger partial charge < -0.3 is 18.3 Å². The molecule has 0 saturated carbocycles. The van der Waals surface area contributed by atoms with Gasteiger partial charge in [0.25, 0.3) is 0 Å². The van der Waals surface area contributed by atoms with Crippen LogP contribution in [0.1, 0.15) is 0 Å². The van der Waals surface area contributed by atoms with Gasteiger partial charge in [-0.05, 0) is 210 Å². The Bertz CT molecular complexity index is 5630. The van der Waals surface area contributed by atoms with Crippen molar-refractivity contribution < 1.29 is 0 Å². The van der Waals surface area contributed by atoms with E-state index in [0.29, 0.717) is 0 Å². The molecule has 0 unspecified atom stereocenters. The summed E-state index contributed by atoms with van der Waals surface area (Å²) in [7, 11) is 0. The van der Waals surface area contributed by atoms with Crippen molar-refractivity contribution >= 4 is 120 Å². The molecule has 4 aromatic heterocycles. The molecule has 0 N–H and O–H groups in total. The molecule has 0 aliphatic carbocycles. The molecule has 20 rings (SSSR count). The lowest BCUT2D eigenvalue weighted by Gasteiger charge is -2.22. The molecule has 0 aliphatic heterocycles. The lowest BCUT2D eigenvalue weighted by Crippen LogP contribution is -1.96. The average Bonchev–Trinajstić information content (AvgIpc) is 1.15. The molecule has 16 aromatic carbocycles. The Morgan fingerprint density at radius 1 is 0.141 bits per heavy atom. The Labute approximate surface area is 529 Å². The van der Waals surface area contributed by atoms with E-state index in [1.807, 2.05) is 0 Å². The fourth-order valence-electron chi connectivity index (χ4n) is 15.9. The molecule has 0 aliphatic rings. The van der Waals surface area contributed by atoms with Crippen LogP contribution in [0, 0.1) is 0 Å². The van der Waals surface area contributed by atoms with Gasteiger partial charge in [-0.1, -0.05) is 194 Å². The second-order valence-corrected chi connectivity index (χ2v) is 24.7. The third-order valence-electron chi connectivity index (χ3n) is 19.9. The summed E-state index contributed by atoms with van der Waals surface area (Å²) in [6.45, 7) is 0. The fraction of sp³-hybridized carbons (Fsp3) is 0. The number of nitrogens with zero attached hydrogens (tertiary/aromatic N) is 4. The van der Waals surface area contributed by atoms with Crippen molar-refractivity contribution in [1.82, 2.24) is 18.3 Å². The molecule has 426 valence electrons. The van der Waals surface area contributed by atoms with Crippen LogP contribution < -0.4 is 0 Å². The van der Waals surface area contributed by atoms with E-state index < -0.39 is 0 Å². The average molecular weight is 1170 g/mol. The highest BCUT2D eigenvalue weighted by Crippen LogP contribution is 2.51. The molecule has 0 spiro atoms. The number of rotatable bonds is 8. The summed E-state index contributed by atoms with van der Waals surface area (Å²) in [5.41, 5.74) is 23.6. The van der Waals surface area contributed by atoms with Gasteiger partial charge >= 0.3 is 0 Å². The van der Waals surface area contributed by atoms with Crippen LogP contribution >= 0.6 is 0 Å². The maximum Gasteiger partial charge on any atom is 0.0541 e. The van der Waals surface area contributed by atoms with Gasteiger partial charge in [0.2, 0.25) is 0 Å². The first-order valence-corrected chi connectivity index (χ1v) is 31.8. The second-order valence-electron chi connectivity index (χ2n) is 24.7. The third-order valence-corrected chi connectivity index (χ3v) is 19.9. The second kappa shape index (κ2) is 19.6. The van der Waals surface area contributed by atoms with Crippen molar-refractivity contribution in [3.63, 3.8) is 0 Å². The Kier molecular flexibility index (Phi) is 10.8. The van der Waals surface area contributed by atoms with Crippen LogP contribution in [-0.2, 0) is 0 Å². The summed E-state index contributed by atoms with van der Waals surface area (Å²) >= 11 is 0. The van der Waals surface area contributed by atoms with E-state index >= 15 is 0 Å². The van der Waals surface area contributed by atoms with Gasteiger partial charge in [0.05, 0.1) is 44.1 Å². The summed E-state index contributed by atoms with van der Waals surface area (Å²) in [6, 6.07) is 122. The maximum absolute atomic E-state index is 2.51. The number of para-hydroxylation sites is 8. The molecule has 0 fully saturated rings. The maximum atomic E-state index is 2.51. The summed E-state index contributed by atoms with van der Waals surface area (Å²) in [4.78, 5) is 0. The first kappa shape index (κ1) is 50.7. The Morgan fingerprint density at radius 3 is 0.587 bits per heavy atom. The highest BCUT2D eigenvalue weighted by atomic mass is 15.0. The zero-order valence-corrected chi connectivity index (χ0v) is 50.0. The Morgan fingerprint density at radius 2 is 0.348 bits per heavy atom. The predicted molar refractivity (Wildman–Crippen MR) is 389 cm³/mol. The number of aromatic nitrogens is 4. The SMILES string of the molecule is c1ccc(-n2c3ccccc3c3cc(-c4cc(-c5ccc6c(c5)c5ccccc5n6-c5ccccc5)c5ccc6c(-c7ccc8c(c7)c7ccccc7n8-c7ccccc7)cc(-c7ccc8c(c7)c7ccccc7n8-c7ccccc7)c7ccc4c5c76)ccc32)cc1. The lowest BCUT2D eigenvalue weighted by atomic mass is 9.81. The predicted octanol–water partition coefficient (Wildman–Crippen LogP) is 23.6. The highest BCUT2D eigenvalue weighted by Gasteiger charge is 2.25. The molecule has 4 heterocycles. The lowest BCUT2D eigenvalue weighted by molar-refractivity contribution is 1.18. The van der Waals surface area contributed by atoms with Gasteiger partial charge in [-0.2, -0.15) is 0 Å². The minimum Gasteiger partial charge on any atom is -0.309 e. The Hall–Kier alpha value is -12.2. The van der Waals surface area contributed by atoms with E-state index in [2.05, 4.69) is 346 Å². The quantitative estimate of drug-likeness (QED) is 0.135. The minimum atomic E-state index is 1.15. The summed E-state index contributed by atoms with van der Waals surface area (Å²) < 4.78 is 9.67. The van der Waals surface area contributed by atoms with Gasteiger partial charge in [0.15, 0.2) is 0 Å². The monoisotopic (exact) mass is 1170 g/mol. The van der Waals surface area contributed by atoms with Crippen LogP contribution in [0.3, 0.4) is 0 Å². The van der Waals surface area contributed by atoms with Crippen LogP contribution in [0.2, 0.25) is 0 Å². The third kappa shape index (κ3) is 7.34. The van der Waals surface area contributed by atoms with E-state index in [1.165, 1.54) is 164 Å². The first-order chi connectivity index (χ1) is 45.7. The molecular weight excluding hydrogens is 1110 g/mol. The first-order valence-electron chi connectivity index (χ1n) is 31.8. The number of benzene rings is 16. The van der Waals surface area contributed by atoms with Crippen LogP contribution in [0.4, 0.5) is 0 Å². The molecule has 92 heavy (non-hydrogen) atoms. The van der Waals surface area contributed by atoms with E-state index in [-0.39, 0.29) is 0 Å².